The fourth-order valence-corrected chi connectivity index (χ4v) is 1.86. The van der Waals surface area contributed by atoms with Crippen LogP contribution in [0.1, 0.15) is 0 Å². The van der Waals surface area contributed by atoms with Gasteiger partial charge in [-0.25, -0.2) is 4.79 Å². The van der Waals surface area contributed by atoms with Crippen LogP contribution in [0.3, 0.4) is 0 Å². The Morgan fingerprint density at radius 3 is 2.52 bits per heavy atom. The third-order valence-electron chi connectivity index (χ3n) is 2.95. The molecule has 10 heteroatoms. The van der Waals surface area contributed by atoms with Crippen LogP contribution in [-0.2, 0) is 14.3 Å². The monoisotopic (exact) mass is 306 g/mol. The molecule has 1 amide bonds. The molecular formula is C11H18N2O8. The van der Waals surface area contributed by atoms with Gasteiger partial charge in [0.05, 0.1) is 19.2 Å². The SMILES string of the molecule is NCC(=O)NC1C(C(O)C(O)CO)OC(C(=O)O)=C[C@H]1O. The minimum Gasteiger partial charge on any atom is -0.478 e. The molecule has 120 valence electrons. The first kappa shape index (κ1) is 17.3. The molecule has 8 N–H and O–H groups in total. The van der Waals surface area contributed by atoms with E-state index in [1.54, 1.807) is 0 Å². The highest BCUT2D eigenvalue weighted by Crippen LogP contribution is 2.22. The molecular weight excluding hydrogens is 288 g/mol. The molecule has 4 unspecified atom stereocenters. The van der Waals surface area contributed by atoms with Crippen LogP contribution in [0.5, 0.6) is 0 Å². The topological polar surface area (TPSA) is 183 Å². The Balaban J connectivity index is 3.04. The van der Waals surface area contributed by atoms with Crippen molar-refractivity contribution in [1.29, 1.82) is 0 Å². The van der Waals surface area contributed by atoms with Crippen LogP contribution in [0.2, 0.25) is 0 Å². The van der Waals surface area contributed by atoms with Gasteiger partial charge in [-0.3, -0.25) is 4.79 Å². The lowest BCUT2D eigenvalue weighted by atomic mass is 9.94. The van der Waals surface area contributed by atoms with E-state index >= 15 is 0 Å². The normalized spacial score (nSPS) is 28.0. The maximum atomic E-state index is 11.3. The van der Waals surface area contributed by atoms with Gasteiger partial charge in [-0.15, -0.1) is 0 Å². The standard InChI is InChI=1S/C11H18N2O8/c12-2-7(17)13-8-4(15)1-6(11(19)20)21-10(8)9(18)5(16)3-14/h1,4-5,8-10,14-16,18H,2-3,12H2,(H,13,17)(H,19,20)/t4-,5?,8?,9?,10?/m1/s1. The number of ether oxygens (including phenoxy) is 1. The predicted molar refractivity (Wildman–Crippen MR) is 66.7 cm³/mol. The molecule has 1 aliphatic heterocycles. The summed E-state index contributed by atoms with van der Waals surface area (Å²) in [6, 6.07) is -1.24. The zero-order valence-corrected chi connectivity index (χ0v) is 10.9. The summed E-state index contributed by atoms with van der Waals surface area (Å²) in [6.07, 6.45) is -5.50. The number of hydrogen-bond acceptors (Lipinski definition) is 8. The Kier molecular flexibility index (Phi) is 6.05. The Bertz CT molecular complexity index is 426. The van der Waals surface area contributed by atoms with Gasteiger partial charge in [-0.2, -0.15) is 0 Å². The van der Waals surface area contributed by atoms with Crippen molar-refractivity contribution in [2.75, 3.05) is 13.2 Å². The van der Waals surface area contributed by atoms with Crippen molar-refractivity contribution in [3.63, 3.8) is 0 Å². The summed E-state index contributed by atoms with van der Waals surface area (Å²) < 4.78 is 4.99. The zero-order chi connectivity index (χ0) is 16.2. The van der Waals surface area contributed by atoms with Crippen LogP contribution in [0, 0.1) is 0 Å². The smallest absolute Gasteiger partial charge is 0.370 e. The highest BCUT2D eigenvalue weighted by atomic mass is 16.5. The highest BCUT2D eigenvalue weighted by Gasteiger charge is 2.43. The predicted octanol–water partition coefficient (Wildman–Crippen LogP) is -4.13. The molecule has 0 aromatic carbocycles. The number of aliphatic carboxylic acids is 1. The lowest BCUT2D eigenvalue weighted by molar-refractivity contribution is -0.149. The minimum absolute atomic E-state index is 0.399. The van der Waals surface area contributed by atoms with Gasteiger partial charge in [0.25, 0.3) is 0 Å². The summed E-state index contributed by atoms with van der Waals surface area (Å²) >= 11 is 0. The summed E-state index contributed by atoms with van der Waals surface area (Å²) in [5.74, 6) is -2.81. The number of carbonyl (C=O) groups is 2. The average molecular weight is 306 g/mol. The first-order valence-electron chi connectivity index (χ1n) is 6.08. The van der Waals surface area contributed by atoms with Gasteiger partial charge in [0, 0.05) is 0 Å². The van der Waals surface area contributed by atoms with E-state index in [2.05, 4.69) is 5.32 Å². The van der Waals surface area contributed by atoms with Crippen LogP contribution in [0.15, 0.2) is 11.8 Å². The van der Waals surface area contributed by atoms with E-state index in [0.29, 0.717) is 0 Å². The maximum absolute atomic E-state index is 11.3. The van der Waals surface area contributed by atoms with E-state index in [9.17, 15) is 24.9 Å². The molecule has 0 aliphatic carbocycles. The van der Waals surface area contributed by atoms with Crippen LogP contribution in [-0.4, -0.2) is 81.0 Å². The van der Waals surface area contributed by atoms with E-state index in [1.807, 2.05) is 0 Å². The van der Waals surface area contributed by atoms with E-state index < -0.39 is 61.2 Å². The molecule has 1 aliphatic rings. The van der Waals surface area contributed by atoms with Crippen molar-refractivity contribution >= 4 is 11.9 Å². The molecule has 0 radical (unpaired) electrons. The molecule has 0 spiro atoms. The number of carbonyl (C=O) groups excluding carboxylic acids is 1. The molecule has 1 heterocycles. The zero-order valence-electron chi connectivity index (χ0n) is 10.9. The number of nitrogens with one attached hydrogen (secondary N) is 1. The van der Waals surface area contributed by atoms with Crippen molar-refractivity contribution in [2.45, 2.75) is 30.5 Å². The average Bonchev–Trinajstić information content (AvgIpc) is 2.46. The van der Waals surface area contributed by atoms with Gasteiger partial charge >= 0.3 is 5.97 Å². The van der Waals surface area contributed by atoms with Crippen molar-refractivity contribution in [3.8, 4) is 0 Å². The van der Waals surface area contributed by atoms with Crippen molar-refractivity contribution in [1.82, 2.24) is 5.32 Å². The first-order chi connectivity index (χ1) is 9.81. The molecule has 21 heavy (non-hydrogen) atoms. The molecule has 0 saturated carbocycles. The second-order valence-corrected chi connectivity index (χ2v) is 4.45. The minimum atomic E-state index is -1.74. The van der Waals surface area contributed by atoms with Crippen LogP contribution in [0.25, 0.3) is 0 Å². The van der Waals surface area contributed by atoms with E-state index in [-0.39, 0.29) is 0 Å². The van der Waals surface area contributed by atoms with Gasteiger partial charge in [0.1, 0.15) is 18.3 Å². The Morgan fingerprint density at radius 2 is 2.05 bits per heavy atom. The number of hydrogen-bond donors (Lipinski definition) is 7. The third kappa shape index (κ3) is 4.12. The summed E-state index contributed by atoms with van der Waals surface area (Å²) in [7, 11) is 0. The number of carboxylic acids is 1. The summed E-state index contributed by atoms with van der Waals surface area (Å²) in [5, 5.41) is 49.1. The number of carboxylic acid groups (broad SMARTS) is 1. The van der Waals surface area contributed by atoms with Gasteiger partial charge in [0.15, 0.2) is 6.10 Å². The van der Waals surface area contributed by atoms with Crippen LogP contribution >= 0.6 is 0 Å². The lowest BCUT2D eigenvalue weighted by Gasteiger charge is -2.38. The van der Waals surface area contributed by atoms with E-state index in [1.165, 1.54) is 0 Å². The Hall–Kier alpha value is -1.72. The highest BCUT2D eigenvalue weighted by molar-refractivity contribution is 5.85. The molecule has 10 nitrogen and oxygen atoms in total. The molecule has 0 aromatic heterocycles. The largest absolute Gasteiger partial charge is 0.478 e. The molecule has 1 rings (SSSR count). The Labute approximate surface area is 119 Å². The molecule has 0 bridgehead atoms. The molecule has 0 aromatic rings. The fraction of sp³-hybridized carbons (Fsp3) is 0.636. The van der Waals surface area contributed by atoms with Gasteiger partial charge in [-0.05, 0) is 6.08 Å². The van der Waals surface area contributed by atoms with Crippen molar-refractivity contribution < 1.29 is 39.9 Å². The summed E-state index contributed by atoms with van der Waals surface area (Å²) in [5.41, 5.74) is 5.12. The van der Waals surface area contributed by atoms with Gasteiger partial charge in [0.2, 0.25) is 11.7 Å². The third-order valence-corrected chi connectivity index (χ3v) is 2.95. The van der Waals surface area contributed by atoms with Gasteiger partial charge in [-0.1, -0.05) is 0 Å². The molecule has 0 fully saturated rings. The van der Waals surface area contributed by atoms with E-state index in [4.69, 9.17) is 20.7 Å². The fourth-order valence-electron chi connectivity index (χ4n) is 1.86. The second kappa shape index (κ2) is 7.33. The number of amides is 1. The maximum Gasteiger partial charge on any atom is 0.370 e. The quantitative estimate of drug-likeness (QED) is 0.256. The summed E-state index contributed by atoms with van der Waals surface area (Å²) in [6.45, 7) is -1.22. The number of nitrogens with two attached hydrogens (primary N) is 1. The first-order valence-corrected chi connectivity index (χ1v) is 6.08. The Morgan fingerprint density at radius 1 is 1.43 bits per heavy atom. The van der Waals surface area contributed by atoms with Crippen LogP contribution in [0.4, 0.5) is 0 Å². The van der Waals surface area contributed by atoms with E-state index in [0.717, 1.165) is 6.08 Å². The number of rotatable bonds is 6. The lowest BCUT2D eigenvalue weighted by Crippen LogP contribution is -2.60. The van der Waals surface area contributed by atoms with Crippen molar-refractivity contribution in [3.05, 3.63) is 11.8 Å². The van der Waals surface area contributed by atoms with Crippen LogP contribution < -0.4 is 11.1 Å². The summed E-state index contributed by atoms with van der Waals surface area (Å²) in [4.78, 5) is 22.2. The van der Waals surface area contributed by atoms with Gasteiger partial charge < -0.3 is 41.3 Å². The number of aliphatic hydroxyl groups excluding tert-OH is 4. The molecule has 0 saturated heterocycles. The van der Waals surface area contributed by atoms with Crippen molar-refractivity contribution in [2.24, 2.45) is 5.73 Å². The number of aliphatic hydroxyl groups is 4. The second-order valence-electron chi connectivity index (χ2n) is 4.45. The molecule has 5 atom stereocenters.